The average Bonchev–Trinajstić information content (AvgIpc) is 3.09. The van der Waals surface area contributed by atoms with E-state index < -0.39 is 13.1 Å². The minimum atomic E-state index is -1.67. The summed E-state index contributed by atoms with van der Waals surface area (Å²) < 4.78 is 10.8. The van der Waals surface area contributed by atoms with Gasteiger partial charge < -0.3 is 24.5 Å². The van der Waals surface area contributed by atoms with E-state index in [2.05, 4.69) is 5.32 Å². The Morgan fingerprint density at radius 3 is 2.67 bits per heavy atom. The van der Waals surface area contributed by atoms with Gasteiger partial charge in [-0.3, -0.25) is 4.79 Å². The third-order valence-corrected chi connectivity index (χ3v) is 4.52. The van der Waals surface area contributed by atoms with Crippen molar-refractivity contribution in [1.29, 1.82) is 0 Å². The normalized spacial score (nSPS) is 12.0. The standard InChI is InChI=1S/C20H22BNO5/c1-26-17-8-4-2-6-14(17)10-11-20(23)22-19(21(24)25)12-15-13-27-18-9-5-3-7-16(15)18/h2-9,13,19,24-25H,10-12H2,1H3,(H,22,23)/t19-/m0/s1. The number of para-hydroxylation sites is 2. The number of carbonyl (C=O) groups excluding carboxylic acids is 1. The molecule has 0 radical (unpaired) electrons. The Hall–Kier alpha value is -2.77. The van der Waals surface area contributed by atoms with Crippen LogP contribution < -0.4 is 10.1 Å². The van der Waals surface area contributed by atoms with Gasteiger partial charge in [0.1, 0.15) is 11.3 Å². The van der Waals surface area contributed by atoms with Gasteiger partial charge in [0.15, 0.2) is 0 Å². The molecule has 1 aromatic heterocycles. The fourth-order valence-corrected chi connectivity index (χ4v) is 3.10. The number of benzene rings is 2. The van der Waals surface area contributed by atoms with Crippen molar-refractivity contribution in [2.24, 2.45) is 0 Å². The lowest BCUT2D eigenvalue weighted by Crippen LogP contribution is -2.47. The van der Waals surface area contributed by atoms with Gasteiger partial charge in [0.25, 0.3) is 0 Å². The molecule has 0 aliphatic rings. The van der Waals surface area contributed by atoms with E-state index >= 15 is 0 Å². The van der Waals surface area contributed by atoms with Crippen LogP contribution in [0.2, 0.25) is 0 Å². The molecule has 27 heavy (non-hydrogen) atoms. The molecule has 1 atom stereocenters. The first-order valence-electron chi connectivity index (χ1n) is 8.81. The van der Waals surface area contributed by atoms with Crippen molar-refractivity contribution in [2.45, 2.75) is 25.2 Å². The molecule has 0 saturated heterocycles. The molecule has 3 aromatic rings. The monoisotopic (exact) mass is 367 g/mol. The van der Waals surface area contributed by atoms with Crippen molar-refractivity contribution in [3.63, 3.8) is 0 Å². The largest absolute Gasteiger partial charge is 0.496 e. The summed E-state index contributed by atoms with van der Waals surface area (Å²) in [5, 5.41) is 23.0. The number of furan rings is 1. The predicted molar refractivity (Wildman–Crippen MR) is 103 cm³/mol. The van der Waals surface area contributed by atoms with Gasteiger partial charge in [-0.2, -0.15) is 0 Å². The van der Waals surface area contributed by atoms with E-state index in [-0.39, 0.29) is 18.7 Å². The van der Waals surface area contributed by atoms with Crippen molar-refractivity contribution in [2.75, 3.05) is 7.11 Å². The third kappa shape index (κ3) is 4.70. The van der Waals surface area contributed by atoms with Gasteiger partial charge in [-0.1, -0.05) is 36.4 Å². The average molecular weight is 367 g/mol. The van der Waals surface area contributed by atoms with Gasteiger partial charge in [0.05, 0.1) is 19.3 Å². The van der Waals surface area contributed by atoms with Crippen molar-refractivity contribution < 1.29 is 24.0 Å². The van der Waals surface area contributed by atoms with E-state index in [0.29, 0.717) is 6.42 Å². The number of amides is 1. The van der Waals surface area contributed by atoms with Crippen molar-refractivity contribution in [1.82, 2.24) is 5.32 Å². The minimum Gasteiger partial charge on any atom is -0.496 e. The summed E-state index contributed by atoms with van der Waals surface area (Å²) in [6.07, 6.45) is 2.56. The van der Waals surface area contributed by atoms with E-state index in [0.717, 1.165) is 27.8 Å². The van der Waals surface area contributed by atoms with Crippen molar-refractivity contribution in [3.05, 3.63) is 65.9 Å². The highest BCUT2D eigenvalue weighted by Gasteiger charge is 2.26. The zero-order valence-electron chi connectivity index (χ0n) is 15.1. The zero-order valence-corrected chi connectivity index (χ0v) is 15.1. The van der Waals surface area contributed by atoms with Crippen LogP contribution in [-0.4, -0.2) is 36.1 Å². The molecule has 6 nitrogen and oxygen atoms in total. The van der Waals surface area contributed by atoms with E-state index in [4.69, 9.17) is 9.15 Å². The molecule has 0 fully saturated rings. The Bertz CT molecular complexity index is 908. The maximum absolute atomic E-state index is 12.3. The molecule has 3 N–H and O–H groups in total. The highest BCUT2D eigenvalue weighted by atomic mass is 16.5. The molecule has 0 spiro atoms. The van der Waals surface area contributed by atoms with E-state index in [1.165, 1.54) is 0 Å². The number of carbonyl (C=O) groups is 1. The lowest BCUT2D eigenvalue weighted by atomic mass is 9.76. The Balaban J connectivity index is 1.63. The topological polar surface area (TPSA) is 91.9 Å². The number of hydrogen-bond acceptors (Lipinski definition) is 5. The number of methoxy groups -OCH3 is 1. The first-order valence-corrected chi connectivity index (χ1v) is 8.81. The molecular formula is C20H22BNO5. The zero-order chi connectivity index (χ0) is 19.2. The van der Waals surface area contributed by atoms with Gasteiger partial charge >= 0.3 is 7.12 Å². The lowest BCUT2D eigenvalue weighted by molar-refractivity contribution is -0.121. The molecular weight excluding hydrogens is 345 g/mol. The summed E-state index contributed by atoms with van der Waals surface area (Å²) in [5.41, 5.74) is 2.46. The van der Waals surface area contributed by atoms with E-state index in [1.54, 1.807) is 13.4 Å². The van der Waals surface area contributed by atoms with Crippen LogP contribution in [0.4, 0.5) is 0 Å². The van der Waals surface area contributed by atoms with Gasteiger partial charge in [0.2, 0.25) is 5.91 Å². The molecule has 1 amide bonds. The first kappa shape index (κ1) is 19.0. The van der Waals surface area contributed by atoms with Crippen LogP contribution in [-0.2, 0) is 17.6 Å². The second-order valence-corrected chi connectivity index (χ2v) is 6.36. The second kappa shape index (κ2) is 8.75. The van der Waals surface area contributed by atoms with E-state index in [1.807, 2.05) is 48.5 Å². The molecule has 3 rings (SSSR count). The van der Waals surface area contributed by atoms with Crippen LogP contribution in [0.1, 0.15) is 17.5 Å². The van der Waals surface area contributed by atoms with Gasteiger partial charge in [-0.25, -0.2) is 0 Å². The molecule has 0 aliphatic heterocycles. The van der Waals surface area contributed by atoms with Crippen LogP contribution in [0, 0.1) is 0 Å². The van der Waals surface area contributed by atoms with Gasteiger partial charge in [-0.05, 0) is 36.1 Å². The van der Waals surface area contributed by atoms with Crippen LogP contribution in [0.3, 0.4) is 0 Å². The molecule has 1 heterocycles. The quantitative estimate of drug-likeness (QED) is 0.531. The molecule has 0 saturated carbocycles. The number of aryl methyl sites for hydroxylation is 1. The number of rotatable bonds is 8. The summed E-state index contributed by atoms with van der Waals surface area (Å²) in [5.74, 6) is -0.350. The fourth-order valence-electron chi connectivity index (χ4n) is 3.10. The van der Waals surface area contributed by atoms with Crippen molar-refractivity contribution >= 4 is 24.0 Å². The fraction of sp³-hybridized carbons (Fsp3) is 0.250. The number of hydrogen-bond donors (Lipinski definition) is 3. The Labute approximate surface area is 157 Å². The van der Waals surface area contributed by atoms with Crippen LogP contribution >= 0.6 is 0 Å². The highest BCUT2D eigenvalue weighted by Crippen LogP contribution is 2.22. The van der Waals surface area contributed by atoms with Crippen LogP contribution in [0.5, 0.6) is 5.75 Å². The Kier molecular flexibility index (Phi) is 6.16. The SMILES string of the molecule is COc1ccccc1CCC(=O)N[C@@H](Cc1coc2ccccc12)B(O)O. The summed E-state index contributed by atoms with van der Waals surface area (Å²) in [7, 11) is -0.0828. The molecule has 140 valence electrons. The maximum atomic E-state index is 12.3. The van der Waals surface area contributed by atoms with Crippen LogP contribution in [0.25, 0.3) is 11.0 Å². The molecule has 0 aliphatic carbocycles. The minimum absolute atomic E-state index is 0.218. The summed E-state index contributed by atoms with van der Waals surface area (Å²) in [6.45, 7) is 0. The second-order valence-electron chi connectivity index (χ2n) is 6.36. The lowest BCUT2D eigenvalue weighted by Gasteiger charge is -2.17. The van der Waals surface area contributed by atoms with Gasteiger partial charge in [-0.15, -0.1) is 0 Å². The Morgan fingerprint density at radius 1 is 1.15 bits per heavy atom. The highest BCUT2D eigenvalue weighted by molar-refractivity contribution is 6.43. The van der Waals surface area contributed by atoms with Crippen LogP contribution in [0.15, 0.2) is 59.2 Å². The van der Waals surface area contributed by atoms with Crippen molar-refractivity contribution in [3.8, 4) is 5.75 Å². The van der Waals surface area contributed by atoms with E-state index in [9.17, 15) is 14.8 Å². The molecule has 2 aromatic carbocycles. The summed E-state index contributed by atoms with van der Waals surface area (Å²) in [6, 6.07) is 15.0. The van der Waals surface area contributed by atoms with Gasteiger partial charge in [0, 0.05) is 11.8 Å². The summed E-state index contributed by atoms with van der Waals surface area (Å²) >= 11 is 0. The smallest absolute Gasteiger partial charge is 0.475 e. The number of nitrogens with one attached hydrogen (secondary N) is 1. The first-order chi connectivity index (χ1) is 13.1. The maximum Gasteiger partial charge on any atom is 0.475 e. The third-order valence-electron chi connectivity index (χ3n) is 4.52. The molecule has 7 heteroatoms. The Morgan fingerprint density at radius 2 is 1.89 bits per heavy atom. The number of ether oxygens (including phenoxy) is 1. The predicted octanol–water partition coefficient (Wildman–Crippen LogP) is 2.11. The molecule has 0 unspecified atom stereocenters. The molecule has 0 bridgehead atoms. The number of fused-ring (bicyclic) bond motifs is 1. The summed E-state index contributed by atoms with van der Waals surface area (Å²) in [4.78, 5) is 12.3.